The van der Waals surface area contributed by atoms with Crippen molar-refractivity contribution in [3.05, 3.63) is 0 Å². The Bertz CT molecular complexity index is 93.4. The molecule has 0 unspecified atom stereocenters. The zero-order chi connectivity index (χ0) is 7.56. The SMILES string of the molecule is C[C@H]1CC[C@H](N(C)C)CN1. The fourth-order valence-electron chi connectivity index (χ4n) is 1.42. The van der Waals surface area contributed by atoms with Crippen LogP contribution in [0.25, 0.3) is 0 Å². The highest BCUT2D eigenvalue weighted by Gasteiger charge is 2.18. The average molecular weight is 142 g/mol. The lowest BCUT2D eigenvalue weighted by molar-refractivity contribution is 0.221. The van der Waals surface area contributed by atoms with Crippen molar-refractivity contribution < 1.29 is 0 Å². The maximum absolute atomic E-state index is 3.47. The van der Waals surface area contributed by atoms with E-state index >= 15 is 0 Å². The minimum Gasteiger partial charge on any atom is -0.313 e. The van der Waals surface area contributed by atoms with E-state index in [1.807, 2.05) is 0 Å². The molecule has 2 nitrogen and oxygen atoms in total. The molecule has 0 spiro atoms. The number of likely N-dealkylation sites (N-methyl/N-ethyl adjacent to an activating group) is 1. The van der Waals surface area contributed by atoms with Crippen molar-refractivity contribution >= 4 is 0 Å². The van der Waals surface area contributed by atoms with Gasteiger partial charge in [-0.3, -0.25) is 0 Å². The Morgan fingerprint density at radius 3 is 2.40 bits per heavy atom. The van der Waals surface area contributed by atoms with Crippen LogP contribution in [0.4, 0.5) is 0 Å². The van der Waals surface area contributed by atoms with Crippen molar-refractivity contribution in [1.29, 1.82) is 0 Å². The van der Waals surface area contributed by atoms with Gasteiger partial charge in [-0.2, -0.15) is 0 Å². The lowest BCUT2D eigenvalue weighted by Crippen LogP contribution is -2.46. The van der Waals surface area contributed by atoms with Gasteiger partial charge in [0.1, 0.15) is 0 Å². The second-order valence-electron chi connectivity index (χ2n) is 3.50. The normalized spacial score (nSPS) is 34.8. The monoisotopic (exact) mass is 142 g/mol. The number of hydrogen-bond acceptors (Lipinski definition) is 2. The van der Waals surface area contributed by atoms with Crippen LogP contribution >= 0.6 is 0 Å². The summed E-state index contributed by atoms with van der Waals surface area (Å²) in [6.07, 6.45) is 2.67. The molecule has 0 saturated carbocycles. The topological polar surface area (TPSA) is 15.3 Å². The first kappa shape index (κ1) is 8.02. The largest absolute Gasteiger partial charge is 0.313 e. The molecule has 2 heteroatoms. The molecule has 1 saturated heterocycles. The number of piperidine rings is 1. The maximum Gasteiger partial charge on any atom is 0.0215 e. The highest BCUT2D eigenvalue weighted by Crippen LogP contribution is 2.10. The highest BCUT2D eigenvalue weighted by atomic mass is 15.1. The van der Waals surface area contributed by atoms with E-state index in [-0.39, 0.29) is 0 Å². The molecule has 60 valence electrons. The molecular weight excluding hydrogens is 124 g/mol. The smallest absolute Gasteiger partial charge is 0.0215 e. The Morgan fingerprint density at radius 2 is 2.00 bits per heavy atom. The van der Waals surface area contributed by atoms with Gasteiger partial charge in [-0.1, -0.05) is 0 Å². The first-order valence-electron chi connectivity index (χ1n) is 4.10. The Hall–Kier alpha value is -0.0800. The van der Waals surface area contributed by atoms with Crippen LogP contribution in [0.2, 0.25) is 0 Å². The standard InChI is InChI=1S/C8H18N2/c1-7-4-5-8(6-9-7)10(2)3/h7-9H,4-6H2,1-3H3/t7-,8-/m0/s1. The van der Waals surface area contributed by atoms with Crippen LogP contribution in [0.5, 0.6) is 0 Å². The van der Waals surface area contributed by atoms with Gasteiger partial charge in [0.15, 0.2) is 0 Å². The zero-order valence-electron chi connectivity index (χ0n) is 7.22. The molecule has 1 N–H and O–H groups in total. The summed E-state index contributed by atoms with van der Waals surface area (Å²) >= 11 is 0. The van der Waals surface area contributed by atoms with Crippen molar-refractivity contribution in [3.8, 4) is 0 Å². The molecule has 1 rings (SSSR count). The maximum atomic E-state index is 3.47. The molecule has 0 aliphatic carbocycles. The Balaban J connectivity index is 2.26. The van der Waals surface area contributed by atoms with Crippen molar-refractivity contribution in [2.45, 2.75) is 31.8 Å². The van der Waals surface area contributed by atoms with Crippen molar-refractivity contribution in [2.75, 3.05) is 20.6 Å². The van der Waals surface area contributed by atoms with Crippen LogP contribution in [0, 0.1) is 0 Å². The fourth-order valence-corrected chi connectivity index (χ4v) is 1.42. The quantitative estimate of drug-likeness (QED) is 0.579. The van der Waals surface area contributed by atoms with E-state index in [1.54, 1.807) is 0 Å². The molecule has 1 aliphatic heterocycles. The third kappa shape index (κ3) is 1.96. The van der Waals surface area contributed by atoms with Gasteiger partial charge in [0.05, 0.1) is 0 Å². The molecule has 1 heterocycles. The summed E-state index contributed by atoms with van der Waals surface area (Å²) in [5.74, 6) is 0. The molecule has 2 atom stereocenters. The number of hydrogen-bond donors (Lipinski definition) is 1. The molecular formula is C8H18N2. The summed E-state index contributed by atoms with van der Waals surface area (Å²) in [4.78, 5) is 2.30. The van der Waals surface area contributed by atoms with Gasteiger partial charge < -0.3 is 10.2 Å². The van der Waals surface area contributed by atoms with Crippen LogP contribution in [0.15, 0.2) is 0 Å². The lowest BCUT2D eigenvalue weighted by Gasteiger charge is -2.31. The van der Waals surface area contributed by atoms with E-state index in [0.717, 1.165) is 18.6 Å². The highest BCUT2D eigenvalue weighted by molar-refractivity contribution is 4.78. The molecule has 0 aromatic rings. The van der Waals surface area contributed by atoms with Crippen LogP contribution in [0.3, 0.4) is 0 Å². The summed E-state index contributed by atoms with van der Waals surface area (Å²) in [7, 11) is 4.31. The predicted molar refractivity (Wildman–Crippen MR) is 44.2 cm³/mol. The van der Waals surface area contributed by atoms with E-state index in [4.69, 9.17) is 0 Å². The van der Waals surface area contributed by atoms with E-state index in [2.05, 4.69) is 31.2 Å². The van der Waals surface area contributed by atoms with Crippen molar-refractivity contribution in [1.82, 2.24) is 10.2 Å². The molecule has 0 amide bonds. The van der Waals surface area contributed by atoms with Crippen LogP contribution in [-0.4, -0.2) is 37.6 Å². The molecule has 0 radical (unpaired) electrons. The molecule has 1 fully saturated rings. The van der Waals surface area contributed by atoms with E-state index in [0.29, 0.717) is 0 Å². The van der Waals surface area contributed by atoms with Gasteiger partial charge in [0.25, 0.3) is 0 Å². The number of nitrogens with one attached hydrogen (secondary N) is 1. The van der Waals surface area contributed by atoms with Gasteiger partial charge in [-0.15, -0.1) is 0 Å². The van der Waals surface area contributed by atoms with Crippen LogP contribution in [-0.2, 0) is 0 Å². The summed E-state index contributed by atoms with van der Waals surface area (Å²) in [6, 6.07) is 1.49. The first-order chi connectivity index (χ1) is 4.70. The summed E-state index contributed by atoms with van der Waals surface area (Å²) in [5.41, 5.74) is 0. The summed E-state index contributed by atoms with van der Waals surface area (Å²) in [5, 5.41) is 3.47. The third-order valence-electron chi connectivity index (χ3n) is 2.37. The molecule has 10 heavy (non-hydrogen) atoms. The van der Waals surface area contributed by atoms with Gasteiger partial charge in [-0.05, 0) is 33.9 Å². The van der Waals surface area contributed by atoms with Gasteiger partial charge in [-0.25, -0.2) is 0 Å². The third-order valence-corrected chi connectivity index (χ3v) is 2.37. The predicted octanol–water partition coefficient (Wildman–Crippen LogP) is 0.688. The van der Waals surface area contributed by atoms with Crippen molar-refractivity contribution in [3.63, 3.8) is 0 Å². The molecule has 0 aromatic heterocycles. The number of nitrogens with zero attached hydrogens (tertiary/aromatic N) is 1. The summed E-state index contributed by atoms with van der Waals surface area (Å²) < 4.78 is 0. The second kappa shape index (κ2) is 3.35. The van der Waals surface area contributed by atoms with E-state index < -0.39 is 0 Å². The average Bonchev–Trinajstić information content (AvgIpc) is 1.88. The first-order valence-corrected chi connectivity index (χ1v) is 4.10. The van der Waals surface area contributed by atoms with Gasteiger partial charge >= 0.3 is 0 Å². The second-order valence-corrected chi connectivity index (χ2v) is 3.50. The lowest BCUT2D eigenvalue weighted by atomic mass is 10.0. The molecule has 0 aromatic carbocycles. The summed E-state index contributed by atoms with van der Waals surface area (Å²) in [6.45, 7) is 3.42. The minimum atomic E-state index is 0.733. The zero-order valence-corrected chi connectivity index (χ0v) is 7.22. The van der Waals surface area contributed by atoms with Crippen molar-refractivity contribution in [2.24, 2.45) is 0 Å². The van der Waals surface area contributed by atoms with Crippen LogP contribution < -0.4 is 5.32 Å². The Labute approximate surface area is 63.6 Å². The Morgan fingerprint density at radius 1 is 1.30 bits per heavy atom. The van der Waals surface area contributed by atoms with Crippen LogP contribution in [0.1, 0.15) is 19.8 Å². The molecule has 1 aliphatic rings. The fraction of sp³-hybridized carbons (Fsp3) is 1.00. The van der Waals surface area contributed by atoms with E-state index in [1.165, 1.54) is 12.8 Å². The molecule has 0 bridgehead atoms. The van der Waals surface area contributed by atoms with Gasteiger partial charge in [0.2, 0.25) is 0 Å². The number of rotatable bonds is 1. The van der Waals surface area contributed by atoms with Gasteiger partial charge in [0, 0.05) is 18.6 Å². The minimum absolute atomic E-state index is 0.733. The Kier molecular flexibility index (Phi) is 2.69. The van der Waals surface area contributed by atoms with E-state index in [9.17, 15) is 0 Å².